The van der Waals surface area contributed by atoms with Gasteiger partial charge in [0.25, 0.3) is 0 Å². The molecule has 0 aromatic carbocycles. The van der Waals surface area contributed by atoms with E-state index < -0.39 is 0 Å². The Balaban J connectivity index is 1.56. The fourth-order valence-electron chi connectivity index (χ4n) is 2.25. The minimum absolute atomic E-state index is 0.156. The second-order valence-electron chi connectivity index (χ2n) is 5.07. The molecule has 0 spiro atoms. The van der Waals surface area contributed by atoms with E-state index in [0.717, 1.165) is 20.7 Å². The summed E-state index contributed by atoms with van der Waals surface area (Å²) in [7, 11) is 0. The van der Waals surface area contributed by atoms with Crippen LogP contribution >= 0.6 is 34.4 Å². The minimum Gasteiger partial charge on any atom is -0.298 e. The normalized spacial score (nSPS) is 14.4. The third-order valence-electron chi connectivity index (χ3n) is 3.45. The number of hydrogen-bond donors (Lipinski definition) is 0. The number of hydrogen-bond acceptors (Lipinski definition) is 6. The maximum absolute atomic E-state index is 12.1. The van der Waals surface area contributed by atoms with Crippen molar-refractivity contribution in [3.8, 4) is 10.7 Å². The third-order valence-corrected chi connectivity index (χ3v) is 6.17. The molecular weight excluding hydrogens is 334 g/mol. The van der Waals surface area contributed by atoms with Gasteiger partial charge in [0.05, 0.1) is 15.5 Å². The molecule has 4 nitrogen and oxygen atoms in total. The molecule has 0 amide bonds. The van der Waals surface area contributed by atoms with Gasteiger partial charge in [-0.2, -0.15) is 0 Å². The van der Waals surface area contributed by atoms with Gasteiger partial charge in [-0.3, -0.25) is 9.36 Å². The summed E-state index contributed by atoms with van der Waals surface area (Å²) in [6, 6.07) is 8.37. The summed E-state index contributed by atoms with van der Waals surface area (Å²) in [6.07, 6.45) is 2.34. The van der Waals surface area contributed by atoms with Gasteiger partial charge in [0.15, 0.2) is 16.8 Å². The molecule has 7 heteroatoms. The summed E-state index contributed by atoms with van der Waals surface area (Å²) in [4.78, 5) is 14.1. The average molecular weight is 347 g/mol. The molecule has 22 heavy (non-hydrogen) atoms. The lowest BCUT2D eigenvalue weighted by atomic mass is 10.4. The highest BCUT2D eigenvalue weighted by Crippen LogP contribution is 2.41. The van der Waals surface area contributed by atoms with Gasteiger partial charge < -0.3 is 0 Å². The summed E-state index contributed by atoms with van der Waals surface area (Å²) >= 11 is 4.65. The highest BCUT2D eigenvalue weighted by molar-refractivity contribution is 7.99. The molecule has 1 aliphatic carbocycles. The molecule has 1 fully saturated rings. The van der Waals surface area contributed by atoms with Crippen molar-refractivity contribution in [1.29, 1.82) is 0 Å². The molecule has 0 unspecified atom stereocenters. The fraction of sp³-hybridized carbons (Fsp3) is 0.267. The molecule has 4 rings (SSSR count). The number of thioether (sulfide) groups is 1. The molecule has 0 atom stereocenters. The van der Waals surface area contributed by atoms with Crippen LogP contribution in [-0.4, -0.2) is 26.3 Å². The van der Waals surface area contributed by atoms with E-state index in [-0.39, 0.29) is 5.78 Å². The molecule has 0 aliphatic heterocycles. The predicted octanol–water partition coefficient (Wildman–Crippen LogP) is 4.38. The lowest BCUT2D eigenvalue weighted by Crippen LogP contribution is -2.03. The first kappa shape index (κ1) is 14.2. The molecule has 1 saturated carbocycles. The molecule has 3 aromatic heterocycles. The van der Waals surface area contributed by atoms with Crippen LogP contribution in [0.4, 0.5) is 0 Å². The first-order valence-corrected chi connectivity index (χ1v) is 9.75. The maximum atomic E-state index is 12.1. The van der Waals surface area contributed by atoms with E-state index in [1.54, 1.807) is 11.3 Å². The van der Waals surface area contributed by atoms with Crippen LogP contribution < -0.4 is 0 Å². The predicted molar refractivity (Wildman–Crippen MR) is 91.0 cm³/mol. The average Bonchev–Trinajstić information content (AvgIpc) is 3.03. The molecule has 1 aliphatic rings. The highest BCUT2D eigenvalue weighted by atomic mass is 32.2. The molecule has 0 N–H and O–H groups in total. The summed E-state index contributed by atoms with van der Waals surface area (Å²) in [5.74, 6) is 1.50. The van der Waals surface area contributed by atoms with E-state index in [1.165, 1.54) is 35.9 Å². The number of carbonyl (C=O) groups excluding carboxylic acids is 1. The summed E-state index contributed by atoms with van der Waals surface area (Å²) in [6.45, 7) is 0. The fourth-order valence-corrected chi connectivity index (χ4v) is 4.60. The Kier molecular flexibility index (Phi) is 3.85. The van der Waals surface area contributed by atoms with Crippen molar-refractivity contribution in [3.63, 3.8) is 0 Å². The Morgan fingerprint density at radius 3 is 2.73 bits per heavy atom. The second-order valence-corrected chi connectivity index (χ2v) is 7.91. The standard InChI is InChI=1S/C15H13N3OS3/c19-11(12-3-1-7-20-12)9-22-15-17-16-14(13-4-2-8-21-13)18(15)10-5-6-10/h1-4,7-8,10H,5-6,9H2. The van der Waals surface area contributed by atoms with E-state index in [1.807, 2.05) is 29.0 Å². The van der Waals surface area contributed by atoms with Crippen LogP contribution in [0, 0.1) is 0 Å². The van der Waals surface area contributed by atoms with E-state index >= 15 is 0 Å². The Bertz CT molecular complexity index is 773. The van der Waals surface area contributed by atoms with Crippen LogP contribution in [0.15, 0.2) is 40.2 Å². The zero-order valence-corrected chi connectivity index (χ0v) is 14.1. The van der Waals surface area contributed by atoms with Crippen molar-refractivity contribution < 1.29 is 4.79 Å². The lowest BCUT2D eigenvalue weighted by Gasteiger charge is -2.07. The number of ketones is 1. The van der Waals surface area contributed by atoms with E-state index in [2.05, 4.69) is 20.8 Å². The Morgan fingerprint density at radius 2 is 2.05 bits per heavy atom. The molecule has 3 aromatic rings. The Labute approximate surface area is 140 Å². The van der Waals surface area contributed by atoms with Gasteiger partial charge in [-0.15, -0.1) is 32.9 Å². The van der Waals surface area contributed by atoms with E-state index in [9.17, 15) is 4.79 Å². The first-order chi connectivity index (χ1) is 10.8. The number of carbonyl (C=O) groups is 1. The van der Waals surface area contributed by atoms with Crippen LogP contribution in [0.25, 0.3) is 10.7 Å². The van der Waals surface area contributed by atoms with E-state index in [0.29, 0.717) is 11.8 Å². The number of thiophene rings is 2. The van der Waals surface area contributed by atoms with Crippen LogP contribution in [0.5, 0.6) is 0 Å². The molecule has 0 bridgehead atoms. The van der Waals surface area contributed by atoms with Crippen LogP contribution in [0.2, 0.25) is 0 Å². The largest absolute Gasteiger partial charge is 0.298 e. The minimum atomic E-state index is 0.156. The smallest absolute Gasteiger partial charge is 0.192 e. The van der Waals surface area contributed by atoms with Crippen LogP contribution in [0.3, 0.4) is 0 Å². The zero-order chi connectivity index (χ0) is 14.9. The van der Waals surface area contributed by atoms with Crippen LogP contribution in [-0.2, 0) is 0 Å². The van der Waals surface area contributed by atoms with Gasteiger partial charge in [-0.1, -0.05) is 23.9 Å². The Hall–Kier alpha value is -1.44. The zero-order valence-electron chi connectivity index (χ0n) is 11.6. The topological polar surface area (TPSA) is 47.8 Å². The highest BCUT2D eigenvalue weighted by Gasteiger charge is 2.30. The van der Waals surface area contributed by atoms with Gasteiger partial charge in [-0.05, 0) is 35.7 Å². The summed E-state index contributed by atoms with van der Waals surface area (Å²) in [5, 5.41) is 13.5. The third kappa shape index (κ3) is 2.76. The SMILES string of the molecule is O=C(CSc1nnc(-c2cccs2)n1C1CC1)c1cccs1. The monoisotopic (exact) mass is 347 g/mol. The van der Waals surface area contributed by atoms with Gasteiger partial charge in [0.2, 0.25) is 0 Å². The van der Waals surface area contributed by atoms with E-state index in [4.69, 9.17) is 0 Å². The van der Waals surface area contributed by atoms with Crippen molar-refractivity contribution in [2.24, 2.45) is 0 Å². The summed E-state index contributed by atoms with van der Waals surface area (Å²) in [5.41, 5.74) is 0. The molecule has 112 valence electrons. The van der Waals surface area contributed by atoms with Crippen molar-refractivity contribution in [2.45, 2.75) is 24.0 Å². The number of rotatable bonds is 6. The second kappa shape index (κ2) is 5.98. The van der Waals surface area contributed by atoms with Gasteiger partial charge in [0.1, 0.15) is 0 Å². The van der Waals surface area contributed by atoms with Gasteiger partial charge in [0, 0.05) is 6.04 Å². The molecule has 0 saturated heterocycles. The molecule has 0 radical (unpaired) electrons. The van der Waals surface area contributed by atoms with Crippen molar-refractivity contribution in [3.05, 3.63) is 39.9 Å². The molecule has 3 heterocycles. The number of Topliss-reactive ketones (excluding diaryl/α,β-unsaturated/α-hetero) is 1. The summed E-state index contributed by atoms with van der Waals surface area (Å²) < 4.78 is 2.21. The van der Waals surface area contributed by atoms with Gasteiger partial charge >= 0.3 is 0 Å². The maximum Gasteiger partial charge on any atom is 0.192 e. The Morgan fingerprint density at radius 1 is 1.23 bits per heavy atom. The first-order valence-electron chi connectivity index (χ1n) is 7.01. The molecular formula is C15H13N3OS3. The number of aromatic nitrogens is 3. The number of nitrogens with zero attached hydrogens (tertiary/aromatic N) is 3. The van der Waals surface area contributed by atoms with Crippen molar-refractivity contribution in [1.82, 2.24) is 14.8 Å². The van der Waals surface area contributed by atoms with Crippen LogP contribution in [0.1, 0.15) is 28.6 Å². The quantitative estimate of drug-likeness (QED) is 0.490. The lowest BCUT2D eigenvalue weighted by molar-refractivity contribution is 0.102. The van der Waals surface area contributed by atoms with Gasteiger partial charge in [-0.25, -0.2) is 0 Å². The van der Waals surface area contributed by atoms with Crippen molar-refractivity contribution in [2.75, 3.05) is 5.75 Å². The van der Waals surface area contributed by atoms with Crippen molar-refractivity contribution >= 4 is 40.2 Å².